The Morgan fingerprint density at radius 1 is 1.07 bits per heavy atom. The lowest BCUT2D eigenvalue weighted by Gasteiger charge is -2.35. The van der Waals surface area contributed by atoms with Crippen LogP contribution < -0.4 is 15.8 Å². The summed E-state index contributed by atoms with van der Waals surface area (Å²) in [5.74, 6) is 1.39. The van der Waals surface area contributed by atoms with E-state index in [9.17, 15) is 14.3 Å². The van der Waals surface area contributed by atoms with Crippen molar-refractivity contribution in [3.63, 3.8) is 0 Å². The van der Waals surface area contributed by atoms with Crippen molar-refractivity contribution in [2.75, 3.05) is 43.1 Å². The van der Waals surface area contributed by atoms with Gasteiger partial charge in [0.05, 0.1) is 5.69 Å². The number of nitrogens with one attached hydrogen (secondary N) is 1. The molecule has 7 rings (SSSR count). The number of benzene rings is 1. The lowest BCUT2D eigenvalue weighted by atomic mass is 9.95. The first-order valence-electron chi connectivity index (χ1n) is 13.8. The summed E-state index contributed by atoms with van der Waals surface area (Å²) in [6, 6.07) is 13.9. The maximum absolute atomic E-state index is 13.1. The minimum atomic E-state index is -1.13. The topological polar surface area (TPSA) is 104 Å². The SMILES string of the molecule is Cn1c(=O)c2cnc(Nc3ccc(N4CC5CCC(C4)N(CCF)C5)cc3)nc2n1-c1cccc(C(C)(C)O)n1. The van der Waals surface area contributed by atoms with Crippen molar-refractivity contribution in [2.24, 2.45) is 13.0 Å². The molecule has 0 amide bonds. The van der Waals surface area contributed by atoms with E-state index >= 15 is 0 Å². The first-order chi connectivity index (χ1) is 19.2. The highest BCUT2D eigenvalue weighted by Crippen LogP contribution is 2.31. The van der Waals surface area contributed by atoms with E-state index in [0.717, 1.165) is 37.4 Å². The Balaban J connectivity index is 1.25. The molecule has 2 bridgehead atoms. The number of aliphatic hydroxyl groups is 1. The number of aromatic nitrogens is 5. The number of piperidine rings is 1. The van der Waals surface area contributed by atoms with E-state index < -0.39 is 5.60 Å². The predicted octanol–water partition coefficient (Wildman–Crippen LogP) is 3.36. The second kappa shape index (κ2) is 10.3. The summed E-state index contributed by atoms with van der Waals surface area (Å²) in [6.45, 7) is 6.45. The van der Waals surface area contributed by atoms with Gasteiger partial charge in [-0.15, -0.1) is 0 Å². The molecule has 2 N–H and O–H groups in total. The summed E-state index contributed by atoms with van der Waals surface area (Å²) in [7, 11) is 1.65. The molecule has 0 spiro atoms. The van der Waals surface area contributed by atoms with Gasteiger partial charge < -0.3 is 15.3 Å². The lowest BCUT2D eigenvalue weighted by molar-refractivity contribution is 0.0738. The standard InChI is InChI=1S/C29H35FN8O2/c1-29(2,40)24-5-4-6-25(33-24)38-26-23(27(39)35(38)3)15-31-28(34-26)32-20-8-11-21(12-9-20)37-17-19-7-10-22(18-37)36(16-19)14-13-30/h4-6,8-9,11-12,15,19,22,40H,7,10,13-14,16-18H2,1-3H3,(H,31,32,34). The Bertz CT molecular complexity index is 1580. The van der Waals surface area contributed by atoms with Gasteiger partial charge in [-0.3, -0.25) is 9.69 Å². The summed E-state index contributed by atoms with van der Waals surface area (Å²) in [5, 5.41) is 14.1. The molecular weight excluding hydrogens is 511 g/mol. The van der Waals surface area contributed by atoms with Crippen molar-refractivity contribution in [2.45, 2.75) is 38.3 Å². The van der Waals surface area contributed by atoms with Crippen LogP contribution in [0.3, 0.4) is 0 Å². The molecule has 0 aliphatic carbocycles. The van der Waals surface area contributed by atoms with Crippen molar-refractivity contribution >= 4 is 28.4 Å². The molecule has 3 fully saturated rings. The van der Waals surface area contributed by atoms with Gasteiger partial charge in [0.15, 0.2) is 11.5 Å². The molecule has 11 heteroatoms. The molecular formula is C29H35FN8O2. The molecule has 2 atom stereocenters. The molecule has 210 valence electrons. The van der Waals surface area contributed by atoms with Crippen LogP contribution in [0.2, 0.25) is 0 Å². The van der Waals surface area contributed by atoms with Crippen LogP contribution in [0.25, 0.3) is 16.9 Å². The van der Waals surface area contributed by atoms with Crippen LogP contribution in [0.15, 0.2) is 53.5 Å². The minimum Gasteiger partial charge on any atom is -0.384 e. The summed E-state index contributed by atoms with van der Waals surface area (Å²) >= 11 is 0. The van der Waals surface area contributed by atoms with E-state index in [0.29, 0.717) is 47.0 Å². The molecule has 10 nitrogen and oxygen atoms in total. The largest absolute Gasteiger partial charge is 0.384 e. The molecule has 4 aromatic rings. The van der Waals surface area contributed by atoms with E-state index in [1.54, 1.807) is 43.8 Å². The Morgan fingerprint density at radius 2 is 1.88 bits per heavy atom. The Kier molecular flexibility index (Phi) is 6.79. The van der Waals surface area contributed by atoms with Crippen LogP contribution in [0.1, 0.15) is 32.4 Å². The molecule has 3 aliphatic heterocycles. The van der Waals surface area contributed by atoms with Crippen LogP contribution in [0, 0.1) is 5.92 Å². The molecule has 0 radical (unpaired) electrons. The van der Waals surface area contributed by atoms with Gasteiger partial charge in [-0.05, 0) is 69.0 Å². The van der Waals surface area contributed by atoms with Crippen molar-refractivity contribution in [1.82, 2.24) is 29.2 Å². The molecule has 1 aromatic carbocycles. The maximum Gasteiger partial charge on any atom is 0.277 e. The summed E-state index contributed by atoms with van der Waals surface area (Å²) in [5.41, 5.74) is 1.51. The highest BCUT2D eigenvalue weighted by molar-refractivity contribution is 5.77. The van der Waals surface area contributed by atoms with Crippen LogP contribution in [-0.2, 0) is 12.6 Å². The lowest BCUT2D eigenvalue weighted by Crippen LogP contribution is -2.44. The van der Waals surface area contributed by atoms with Crippen LogP contribution in [-0.4, -0.2) is 73.2 Å². The van der Waals surface area contributed by atoms with Gasteiger partial charge in [-0.1, -0.05) is 6.07 Å². The van der Waals surface area contributed by atoms with Crippen molar-refractivity contribution < 1.29 is 9.50 Å². The Labute approximate surface area is 232 Å². The third kappa shape index (κ3) is 4.95. The van der Waals surface area contributed by atoms with Crippen molar-refractivity contribution in [1.29, 1.82) is 0 Å². The zero-order valence-electron chi connectivity index (χ0n) is 23.1. The van der Waals surface area contributed by atoms with Crippen LogP contribution in [0.5, 0.6) is 0 Å². The van der Waals surface area contributed by atoms with Gasteiger partial charge in [0.2, 0.25) is 5.95 Å². The monoisotopic (exact) mass is 546 g/mol. The normalized spacial score (nSPS) is 19.8. The van der Waals surface area contributed by atoms with Crippen LogP contribution >= 0.6 is 0 Å². The van der Waals surface area contributed by atoms with Gasteiger partial charge in [-0.2, -0.15) is 4.98 Å². The number of hydrogen-bond donors (Lipinski definition) is 2. The van der Waals surface area contributed by atoms with Gasteiger partial charge in [-0.25, -0.2) is 23.7 Å². The zero-order chi connectivity index (χ0) is 28.0. The summed E-state index contributed by atoms with van der Waals surface area (Å²) in [6.07, 6.45) is 3.85. The number of halogens is 1. The smallest absolute Gasteiger partial charge is 0.277 e. The zero-order valence-corrected chi connectivity index (χ0v) is 23.1. The fourth-order valence-corrected chi connectivity index (χ4v) is 5.95. The van der Waals surface area contributed by atoms with Crippen LogP contribution in [0.4, 0.5) is 21.7 Å². The summed E-state index contributed by atoms with van der Waals surface area (Å²) < 4.78 is 16.1. The number of hydrogen-bond acceptors (Lipinski definition) is 8. The minimum absolute atomic E-state index is 0.238. The second-order valence-electron chi connectivity index (χ2n) is 11.4. The number of anilines is 3. The van der Waals surface area contributed by atoms with E-state index in [-0.39, 0.29) is 12.2 Å². The molecule has 6 heterocycles. The van der Waals surface area contributed by atoms with Gasteiger partial charge in [0.25, 0.3) is 5.56 Å². The third-order valence-corrected chi connectivity index (χ3v) is 8.06. The molecule has 3 saturated heterocycles. The average molecular weight is 547 g/mol. The van der Waals surface area contributed by atoms with E-state index in [2.05, 4.69) is 42.2 Å². The van der Waals surface area contributed by atoms with Gasteiger partial charge >= 0.3 is 0 Å². The van der Waals surface area contributed by atoms with E-state index in [1.165, 1.54) is 17.3 Å². The average Bonchev–Trinajstić information content (AvgIpc) is 3.10. The number of alkyl halides is 1. The number of rotatable bonds is 7. The fraction of sp³-hybridized carbons (Fsp3) is 0.448. The maximum atomic E-state index is 13.1. The first-order valence-corrected chi connectivity index (χ1v) is 13.8. The highest BCUT2D eigenvalue weighted by atomic mass is 19.1. The first kappa shape index (κ1) is 26.4. The predicted molar refractivity (Wildman–Crippen MR) is 153 cm³/mol. The number of pyridine rings is 1. The highest BCUT2D eigenvalue weighted by Gasteiger charge is 2.34. The number of nitrogens with zero attached hydrogens (tertiary/aromatic N) is 7. The molecule has 40 heavy (non-hydrogen) atoms. The van der Waals surface area contributed by atoms with Crippen molar-refractivity contribution in [3.8, 4) is 5.82 Å². The molecule has 3 aliphatic rings. The van der Waals surface area contributed by atoms with Gasteiger partial charge in [0, 0.05) is 56.8 Å². The van der Waals surface area contributed by atoms with E-state index in [1.807, 2.05) is 12.1 Å². The second-order valence-corrected chi connectivity index (χ2v) is 11.4. The molecule has 0 saturated carbocycles. The van der Waals surface area contributed by atoms with E-state index in [4.69, 9.17) is 0 Å². The number of fused-ring (bicyclic) bond motifs is 5. The molecule has 2 unspecified atom stereocenters. The Hall–Kier alpha value is -3.83. The Morgan fingerprint density at radius 3 is 2.62 bits per heavy atom. The quantitative estimate of drug-likeness (QED) is 0.364. The molecule has 3 aromatic heterocycles. The third-order valence-electron chi connectivity index (χ3n) is 8.06. The van der Waals surface area contributed by atoms with Crippen molar-refractivity contribution in [3.05, 3.63) is 64.7 Å². The van der Waals surface area contributed by atoms with Gasteiger partial charge in [0.1, 0.15) is 17.7 Å². The summed E-state index contributed by atoms with van der Waals surface area (Å²) in [4.78, 5) is 31.3. The fourth-order valence-electron chi connectivity index (χ4n) is 5.95.